The Morgan fingerprint density at radius 3 is 2.42 bits per heavy atom. The highest BCUT2D eigenvalue weighted by Gasteiger charge is 2.17. The Kier molecular flexibility index (Phi) is 3.46. The van der Waals surface area contributed by atoms with Gasteiger partial charge in [0.25, 0.3) is 0 Å². The lowest BCUT2D eigenvalue weighted by molar-refractivity contribution is 0.617. The average Bonchev–Trinajstić information content (AvgIpc) is 2.59. The minimum absolute atomic E-state index is 0.447. The molecule has 0 saturated heterocycles. The minimum Gasteiger partial charge on any atom is -0.456 e. The summed E-state index contributed by atoms with van der Waals surface area (Å²) in [6, 6.07) is 22.4. The highest BCUT2D eigenvalue weighted by molar-refractivity contribution is 6.01. The van der Waals surface area contributed by atoms with E-state index in [1.807, 2.05) is 18.2 Å². The molecule has 0 atom stereocenters. The van der Waals surface area contributed by atoms with Crippen LogP contribution in [0.3, 0.4) is 0 Å². The lowest BCUT2D eigenvalue weighted by atomic mass is 9.92. The van der Waals surface area contributed by atoms with Crippen molar-refractivity contribution in [2.75, 3.05) is 0 Å². The van der Waals surface area contributed by atoms with E-state index in [2.05, 4.69) is 56.3 Å². The van der Waals surface area contributed by atoms with Gasteiger partial charge in [-0.15, -0.1) is 0 Å². The van der Waals surface area contributed by atoms with E-state index >= 15 is 0 Å². The Morgan fingerprint density at radius 2 is 1.67 bits per heavy atom. The van der Waals surface area contributed by atoms with Crippen LogP contribution < -0.4 is 5.36 Å². The summed E-state index contributed by atoms with van der Waals surface area (Å²) in [5.41, 5.74) is 5.51. The first-order valence-corrected chi connectivity index (χ1v) is 8.24. The minimum atomic E-state index is 0.447. The van der Waals surface area contributed by atoms with Crippen LogP contribution in [0.15, 0.2) is 71.1 Å². The fourth-order valence-electron chi connectivity index (χ4n) is 3.18. The first-order chi connectivity index (χ1) is 11.6. The largest absolute Gasteiger partial charge is 0.456 e. The molecule has 0 spiro atoms. The third-order valence-electron chi connectivity index (χ3n) is 4.48. The van der Waals surface area contributed by atoms with Crippen LogP contribution in [-0.4, -0.2) is 0 Å². The lowest BCUT2D eigenvalue weighted by Crippen LogP contribution is -2.00. The van der Waals surface area contributed by atoms with E-state index in [4.69, 9.17) is 9.83 Å². The quantitative estimate of drug-likeness (QED) is 0.466. The lowest BCUT2D eigenvalue weighted by Gasteiger charge is -2.16. The van der Waals surface area contributed by atoms with Crippen LogP contribution in [0.25, 0.3) is 33.4 Å². The van der Waals surface area contributed by atoms with Gasteiger partial charge in [0.1, 0.15) is 11.3 Å². The van der Waals surface area contributed by atoms with Crippen molar-refractivity contribution in [2.45, 2.75) is 19.8 Å². The summed E-state index contributed by atoms with van der Waals surface area (Å²) < 4.78 is 6.16. The fourth-order valence-corrected chi connectivity index (χ4v) is 3.18. The maximum atomic E-state index is 7.91. The molecule has 1 heterocycles. The maximum absolute atomic E-state index is 7.91. The number of fused-ring (bicyclic) bond motifs is 2. The molecule has 0 saturated carbocycles. The van der Waals surface area contributed by atoms with E-state index in [0.29, 0.717) is 11.3 Å². The van der Waals surface area contributed by atoms with Crippen LogP contribution in [0.4, 0.5) is 0 Å². The summed E-state index contributed by atoms with van der Waals surface area (Å²) in [6.07, 6.45) is 0. The summed E-state index contributed by atoms with van der Waals surface area (Å²) in [4.78, 5) is 0. The SMILES string of the molecule is CC(C)c1ccc2c(-c3ccccc3)c3ccc(=N)cc-3oc2c1. The standard InChI is InChI=1S/C22H19NO/c1-14(2)16-8-10-18-20(12-16)24-21-13-17(23)9-11-19(21)22(18)15-6-4-3-5-7-15/h3-14,23H,1-2H3. The van der Waals surface area contributed by atoms with Gasteiger partial charge >= 0.3 is 0 Å². The zero-order chi connectivity index (χ0) is 16.7. The van der Waals surface area contributed by atoms with Crippen LogP contribution >= 0.6 is 0 Å². The predicted octanol–water partition coefficient (Wildman–Crippen LogP) is 5.81. The summed E-state index contributed by atoms with van der Waals surface area (Å²) in [6.45, 7) is 4.37. The number of nitrogens with one attached hydrogen (secondary N) is 1. The molecule has 0 bridgehead atoms. The molecule has 1 aliphatic carbocycles. The van der Waals surface area contributed by atoms with Crippen molar-refractivity contribution in [3.05, 3.63) is 77.7 Å². The van der Waals surface area contributed by atoms with Gasteiger partial charge < -0.3 is 9.83 Å². The molecular weight excluding hydrogens is 294 g/mol. The first-order valence-electron chi connectivity index (χ1n) is 8.24. The summed E-state index contributed by atoms with van der Waals surface area (Å²) >= 11 is 0. The van der Waals surface area contributed by atoms with Gasteiger partial charge in [-0.2, -0.15) is 0 Å². The number of hydrogen-bond acceptors (Lipinski definition) is 2. The van der Waals surface area contributed by atoms with Gasteiger partial charge in [0.15, 0.2) is 0 Å². The van der Waals surface area contributed by atoms with Gasteiger partial charge in [0, 0.05) is 22.6 Å². The van der Waals surface area contributed by atoms with Crippen LogP contribution in [-0.2, 0) is 0 Å². The molecule has 118 valence electrons. The highest BCUT2D eigenvalue weighted by Crippen LogP contribution is 2.40. The monoisotopic (exact) mass is 313 g/mol. The maximum Gasteiger partial charge on any atom is 0.137 e. The molecule has 2 nitrogen and oxygen atoms in total. The molecule has 0 fully saturated rings. The Morgan fingerprint density at radius 1 is 0.875 bits per heavy atom. The Labute approximate surface area is 141 Å². The van der Waals surface area contributed by atoms with Gasteiger partial charge in [-0.3, -0.25) is 0 Å². The van der Waals surface area contributed by atoms with E-state index in [9.17, 15) is 0 Å². The van der Waals surface area contributed by atoms with Crippen molar-refractivity contribution in [3.63, 3.8) is 0 Å². The van der Waals surface area contributed by atoms with Gasteiger partial charge in [-0.05, 0) is 35.2 Å². The molecule has 0 aromatic heterocycles. The normalized spacial score (nSPS) is 11.5. The highest BCUT2D eigenvalue weighted by atomic mass is 16.3. The molecule has 1 N–H and O–H groups in total. The molecule has 2 heteroatoms. The summed E-state index contributed by atoms with van der Waals surface area (Å²) in [5.74, 6) is 1.21. The molecule has 1 aliphatic heterocycles. The van der Waals surface area contributed by atoms with E-state index in [0.717, 1.165) is 22.3 Å². The van der Waals surface area contributed by atoms with Crippen molar-refractivity contribution >= 4 is 11.0 Å². The molecule has 0 unspecified atom stereocenters. The third-order valence-corrected chi connectivity index (χ3v) is 4.48. The van der Waals surface area contributed by atoms with Gasteiger partial charge in [-0.25, -0.2) is 0 Å². The second-order valence-corrected chi connectivity index (χ2v) is 6.46. The Hall–Kier alpha value is -2.87. The number of hydrogen-bond donors (Lipinski definition) is 1. The zero-order valence-corrected chi connectivity index (χ0v) is 13.8. The van der Waals surface area contributed by atoms with Crippen molar-refractivity contribution in [1.29, 1.82) is 5.41 Å². The molecule has 4 rings (SSSR count). The van der Waals surface area contributed by atoms with Crippen molar-refractivity contribution < 1.29 is 4.42 Å². The second kappa shape index (κ2) is 5.64. The third kappa shape index (κ3) is 2.41. The van der Waals surface area contributed by atoms with Crippen molar-refractivity contribution in [2.24, 2.45) is 0 Å². The molecule has 2 aromatic rings. The number of benzene rings is 3. The zero-order valence-electron chi connectivity index (χ0n) is 13.8. The topological polar surface area (TPSA) is 37.0 Å². The number of rotatable bonds is 2. The summed E-state index contributed by atoms with van der Waals surface area (Å²) in [7, 11) is 0. The van der Waals surface area contributed by atoms with E-state index in [1.54, 1.807) is 6.07 Å². The smallest absolute Gasteiger partial charge is 0.137 e. The van der Waals surface area contributed by atoms with Crippen LogP contribution in [0, 0.1) is 5.41 Å². The molecular formula is C22H19NO. The van der Waals surface area contributed by atoms with Crippen molar-refractivity contribution in [3.8, 4) is 22.5 Å². The van der Waals surface area contributed by atoms with Crippen molar-refractivity contribution in [1.82, 2.24) is 0 Å². The predicted molar refractivity (Wildman–Crippen MR) is 98.2 cm³/mol. The second-order valence-electron chi connectivity index (χ2n) is 6.46. The summed E-state index contributed by atoms with van der Waals surface area (Å²) in [5, 5.41) is 9.48. The molecule has 0 radical (unpaired) electrons. The van der Waals surface area contributed by atoms with Gasteiger partial charge in [-0.1, -0.05) is 56.3 Å². The van der Waals surface area contributed by atoms with E-state index < -0.39 is 0 Å². The molecule has 0 amide bonds. The molecule has 2 aromatic carbocycles. The Balaban J connectivity index is 2.15. The molecule has 24 heavy (non-hydrogen) atoms. The van der Waals surface area contributed by atoms with Crippen LogP contribution in [0.2, 0.25) is 0 Å². The average molecular weight is 313 g/mol. The molecule has 2 aliphatic rings. The fraction of sp³-hybridized carbons (Fsp3) is 0.136. The van der Waals surface area contributed by atoms with E-state index in [-0.39, 0.29) is 0 Å². The first kappa shape index (κ1) is 14.7. The van der Waals surface area contributed by atoms with E-state index in [1.165, 1.54) is 16.7 Å². The van der Waals surface area contributed by atoms with Crippen LogP contribution in [0.5, 0.6) is 0 Å². The Bertz CT molecular complexity index is 1040. The van der Waals surface area contributed by atoms with Gasteiger partial charge in [0.2, 0.25) is 0 Å². The van der Waals surface area contributed by atoms with Crippen LogP contribution in [0.1, 0.15) is 25.3 Å². The van der Waals surface area contributed by atoms with Gasteiger partial charge in [0.05, 0.1) is 5.36 Å².